The number of hydrogen-bond acceptors (Lipinski definition) is 4. The van der Waals surface area contributed by atoms with E-state index in [2.05, 4.69) is 12.2 Å². The van der Waals surface area contributed by atoms with Crippen molar-refractivity contribution in [2.75, 3.05) is 46.9 Å². The number of carbonyl (C=O) groups is 2. The van der Waals surface area contributed by atoms with Crippen LogP contribution < -0.4 is 10.4 Å². The van der Waals surface area contributed by atoms with Gasteiger partial charge in [-0.3, -0.25) is 4.79 Å². The van der Waals surface area contributed by atoms with E-state index in [1.165, 1.54) is 70.6 Å². The molecule has 190 valence electrons. The molecule has 0 rings (SSSR count). The lowest BCUT2D eigenvalue weighted by atomic mass is 10.1. The quantitative estimate of drug-likeness (QED) is 0.174. The summed E-state index contributed by atoms with van der Waals surface area (Å²) in [5, 5.41) is 13.6. The van der Waals surface area contributed by atoms with Gasteiger partial charge in [0.25, 0.3) is 0 Å². The SMILES string of the molecule is CCCCCCCCCCCCCCOCCCCC(=O)NCCC[N+](C)(C)CC(=O)[O-]. The number of quaternary nitrogens is 1. The van der Waals surface area contributed by atoms with E-state index >= 15 is 0 Å². The van der Waals surface area contributed by atoms with Gasteiger partial charge in [0.05, 0.1) is 26.6 Å². The Bertz CT molecular complexity index is 455. The highest BCUT2D eigenvalue weighted by Crippen LogP contribution is 2.12. The van der Waals surface area contributed by atoms with Gasteiger partial charge in [0.2, 0.25) is 5.91 Å². The molecule has 0 aliphatic rings. The van der Waals surface area contributed by atoms with E-state index in [1.807, 2.05) is 14.1 Å². The molecular formula is C26H52N2O4. The fourth-order valence-corrected chi connectivity index (χ4v) is 3.89. The van der Waals surface area contributed by atoms with Gasteiger partial charge in [-0.15, -0.1) is 0 Å². The number of nitrogens with one attached hydrogen (secondary N) is 1. The van der Waals surface area contributed by atoms with Crippen LogP contribution in [0.15, 0.2) is 0 Å². The van der Waals surface area contributed by atoms with Gasteiger partial charge in [-0.25, -0.2) is 0 Å². The molecule has 6 heteroatoms. The van der Waals surface area contributed by atoms with Gasteiger partial charge in [-0.1, -0.05) is 77.6 Å². The summed E-state index contributed by atoms with van der Waals surface area (Å²) in [6.07, 6.45) is 19.3. The first-order chi connectivity index (χ1) is 15.4. The summed E-state index contributed by atoms with van der Waals surface area (Å²) < 4.78 is 6.06. The standard InChI is InChI=1S/C26H52N2O4/c1-4-5-6-7-8-9-10-11-12-13-14-16-22-32-23-17-15-19-25(29)27-20-18-21-28(2,3)24-26(30)31/h4-24H2,1-3H3,(H-,27,29,30,31). The van der Waals surface area contributed by atoms with E-state index in [4.69, 9.17) is 4.74 Å². The average molecular weight is 457 g/mol. The van der Waals surface area contributed by atoms with Crippen molar-refractivity contribution in [1.29, 1.82) is 0 Å². The van der Waals surface area contributed by atoms with E-state index in [1.54, 1.807) is 0 Å². The summed E-state index contributed by atoms with van der Waals surface area (Å²) in [5.41, 5.74) is 0. The molecule has 0 fully saturated rings. The van der Waals surface area contributed by atoms with Crippen LogP contribution in [0.2, 0.25) is 0 Å². The number of nitrogens with zero attached hydrogens (tertiary/aromatic N) is 1. The molecule has 0 aromatic heterocycles. The Morgan fingerprint density at radius 3 is 1.78 bits per heavy atom. The molecule has 0 saturated carbocycles. The Balaban J connectivity index is 3.28. The second kappa shape index (κ2) is 21.7. The highest BCUT2D eigenvalue weighted by molar-refractivity contribution is 5.75. The molecule has 0 aliphatic carbocycles. The summed E-state index contributed by atoms with van der Waals surface area (Å²) in [7, 11) is 3.71. The van der Waals surface area contributed by atoms with Crippen LogP contribution in [0.4, 0.5) is 0 Å². The highest BCUT2D eigenvalue weighted by atomic mass is 16.5. The summed E-state index contributed by atoms with van der Waals surface area (Å²) in [6.45, 7) is 5.12. The predicted octanol–water partition coefficient (Wildman–Crippen LogP) is 4.21. The Morgan fingerprint density at radius 1 is 0.750 bits per heavy atom. The molecule has 0 bridgehead atoms. The average Bonchev–Trinajstić information content (AvgIpc) is 2.72. The minimum absolute atomic E-state index is 0.00675. The van der Waals surface area contributed by atoms with Crippen molar-refractivity contribution in [2.45, 2.75) is 110 Å². The van der Waals surface area contributed by atoms with Gasteiger partial charge in [0.15, 0.2) is 0 Å². The first-order valence-electron chi connectivity index (χ1n) is 13.2. The van der Waals surface area contributed by atoms with Crippen molar-refractivity contribution in [2.24, 2.45) is 0 Å². The van der Waals surface area contributed by atoms with Crippen molar-refractivity contribution in [3.63, 3.8) is 0 Å². The number of hydrogen-bond donors (Lipinski definition) is 1. The second-order valence-electron chi connectivity index (χ2n) is 9.85. The number of aliphatic carboxylic acids is 1. The molecule has 0 radical (unpaired) electrons. The van der Waals surface area contributed by atoms with Crippen LogP contribution in [-0.2, 0) is 14.3 Å². The van der Waals surface area contributed by atoms with Gasteiger partial charge < -0.3 is 24.4 Å². The van der Waals surface area contributed by atoms with Crippen LogP contribution in [0, 0.1) is 0 Å². The normalized spacial score (nSPS) is 11.6. The van der Waals surface area contributed by atoms with Gasteiger partial charge in [-0.05, 0) is 19.3 Å². The fourth-order valence-electron chi connectivity index (χ4n) is 3.89. The van der Waals surface area contributed by atoms with Crippen LogP contribution in [0.1, 0.15) is 110 Å². The third-order valence-electron chi connectivity index (χ3n) is 5.90. The maximum Gasteiger partial charge on any atom is 0.219 e. The van der Waals surface area contributed by atoms with Crippen LogP contribution in [-0.4, -0.2) is 63.3 Å². The van der Waals surface area contributed by atoms with E-state index in [0.717, 1.165) is 38.9 Å². The molecule has 0 atom stereocenters. The van der Waals surface area contributed by atoms with Crippen molar-refractivity contribution in [3.05, 3.63) is 0 Å². The largest absolute Gasteiger partial charge is 0.544 e. The monoisotopic (exact) mass is 456 g/mol. The number of ether oxygens (including phenoxy) is 1. The topological polar surface area (TPSA) is 78.5 Å². The first-order valence-corrected chi connectivity index (χ1v) is 13.2. The van der Waals surface area contributed by atoms with Crippen LogP contribution in [0.25, 0.3) is 0 Å². The summed E-state index contributed by atoms with van der Waals surface area (Å²) >= 11 is 0. The van der Waals surface area contributed by atoms with Crippen molar-refractivity contribution in [3.8, 4) is 0 Å². The molecule has 0 saturated heterocycles. The molecule has 1 N–H and O–H groups in total. The van der Waals surface area contributed by atoms with Crippen LogP contribution in [0.5, 0.6) is 0 Å². The lowest BCUT2D eigenvalue weighted by Crippen LogP contribution is -2.49. The molecule has 0 spiro atoms. The summed E-state index contributed by atoms with van der Waals surface area (Å²) in [5.74, 6) is -0.976. The Hall–Kier alpha value is -1.14. The maximum absolute atomic E-state index is 11.8. The van der Waals surface area contributed by atoms with E-state index in [0.29, 0.717) is 24.0 Å². The number of likely N-dealkylation sites (N-methyl/N-ethyl adjacent to an activating group) is 1. The Morgan fingerprint density at radius 2 is 1.25 bits per heavy atom. The minimum Gasteiger partial charge on any atom is -0.544 e. The zero-order valence-electron chi connectivity index (χ0n) is 21.4. The lowest BCUT2D eigenvalue weighted by molar-refractivity contribution is -0.884. The van der Waals surface area contributed by atoms with Gasteiger partial charge in [-0.2, -0.15) is 0 Å². The summed E-state index contributed by atoms with van der Waals surface area (Å²) in [6, 6.07) is 0. The first kappa shape index (κ1) is 30.9. The van der Waals surface area contributed by atoms with E-state index < -0.39 is 5.97 Å². The molecule has 0 unspecified atom stereocenters. The second-order valence-corrected chi connectivity index (χ2v) is 9.85. The Labute approximate surface area is 198 Å². The van der Waals surface area contributed by atoms with Gasteiger partial charge in [0.1, 0.15) is 6.54 Å². The molecular weight excluding hydrogens is 404 g/mol. The highest BCUT2D eigenvalue weighted by Gasteiger charge is 2.14. The molecule has 6 nitrogen and oxygen atoms in total. The minimum atomic E-state index is -1.04. The lowest BCUT2D eigenvalue weighted by Gasteiger charge is -2.30. The molecule has 0 aromatic carbocycles. The molecule has 0 aromatic rings. The smallest absolute Gasteiger partial charge is 0.219 e. The maximum atomic E-state index is 11.8. The van der Waals surface area contributed by atoms with Crippen LogP contribution in [0.3, 0.4) is 0 Å². The number of carbonyl (C=O) groups excluding carboxylic acids is 2. The zero-order valence-corrected chi connectivity index (χ0v) is 21.4. The van der Waals surface area contributed by atoms with Gasteiger partial charge >= 0.3 is 0 Å². The van der Waals surface area contributed by atoms with Crippen molar-refractivity contribution in [1.82, 2.24) is 5.32 Å². The number of rotatable bonds is 24. The number of carboxylic acids is 1. The summed E-state index contributed by atoms with van der Waals surface area (Å²) in [4.78, 5) is 22.5. The molecule has 0 aliphatic heterocycles. The molecule has 32 heavy (non-hydrogen) atoms. The molecule has 0 heterocycles. The van der Waals surface area contributed by atoms with E-state index in [9.17, 15) is 14.7 Å². The fraction of sp³-hybridized carbons (Fsp3) is 0.923. The van der Waals surface area contributed by atoms with Crippen molar-refractivity contribution >= 4 is 11.9 Å². The number of carboxylic acid groups (broad SMARTS) is 1. The third-order valence-corrected chi connectivity index (χ3v) is 5.90. The van der Waals surface area contributed by atoms with Crippen molar-refractivity contribution < 1.29 is 23.9 Å². The third kappa shape index (κ3) is 23.5. The number of amides is 1. The predicted molar refractivity (Wildman–Crippen MR) is 130 cm³/mol. The van der Waals surface area contributed by atoms with E-state index in [-0.39, 0.29) is 12.5 Å². The Kier molecular flexibility index (Phi) is 20.9. The number of unbranched alkanes of at least 4 members (excludes halogenated alkanes) is 12. The van der Waals surface area contributed by atoms with Gasteiger partial charge in [0, 0.05) is 32.6 Å². The zero-order chi connectivity index (χ0) is 23.9. The molecule has 1 amide bonds. The van der Waals surface area contributed by atoms with Crippen LogP contribution >= 0.6 is 0 Å².